The molecule has 0 radical (unpaired) electrons. The lowest BCUT2D eigenvalue weighted by Crippen LogP contribution is -2.68. The molecular formula is C15H12ClN3O5. The Bertz CT molecular complexity index is 1040. The third-order valence-corrected chi connectivity index (χ3v) is 3.55. The van der Waals surface area contributed by atoms with E-state index in [4.69, 9.17) is 23.6 Å². The van der Waals surface area contributed by atoms with E-state index in [1.807, 2.05) is 35.9 Å². The van der Waals surface area contributed by atoms with Crippen LogP contribution in [-0.4, -0.2) is 15.1 Å². The molecule has 8 nitrogen and oxygen atoms in total. The van der Waals surface area contributed by atoms with Crippen molar-refractivity contribution in [2.45, 2.75) is 0 Å². The zero-order chi connectivity index (χ0) is 17.5. The molecule has 0 aliphatic carbocycles. The molecule has 0 atom stereocenters. The fourth-order valence-corrected chi connectivity index (χ4v) is 2.58. The Morgan fingerprint density at radius 2 is 1.75 bits per heavy atom. The van der Waals surface area contributed by atoms with Crippen LogP contribution in [-0.2, 0) is 7.05 Å². The number of aromatic hydroxyl groups is 1. The summed E-state index contributed by atoms with van der Waals surface area (Å²) in [6, 6.07) is 13.4. The zero-order valence-electron chi connectivity index (χ0n) is 12.4. The number of hydrogen-bond donors (Lipinski definition) is 2. The summed E-state index contributed by atoms with van der Waals surface area (Å²) >= 11 is 0. The van der Waals surface area contributed by atoms with E-state index in [1.54, 1.807) is 12.1 Å². The molecule has 24 heavy (non-hydrogen) atoms. The molecule has 0 saturated carbocycles. The lowest BCUT2D eigenvalue weighted by molar-refractivity contribution is -2.00. The van der Waals surface area contributed by atoms with Crippen LogP contribution >= 0.6 is 0 Å². The van der Waals surface area contributed by atoms with E-state index < -0.39 is 10.2 Å². The van der Waals surface area contributed by atoms with Crippen LogP contribution in [0.15, 0.2) is 42.5 Å². The smallest absolute Gasteiger partial charge is 0.306 e. The average molecular weight is 350 g/mol. The summed E-state index contributed by atoms with van der Waals surface area (Å²) in [6.07, 6.45) is 0. The first kappa shape index (κ1) is 16.4. The monoisotopic (exact) mass is 349 g/mol. The van der Waals surface area contributed by atoms with E-state index in [-0.39, 0.29) is 5.75 Å². The largest absolute Gasteiger partial charge is 0.508 e. The third-order valence-electron chi connectivity index (χ3n) is 3.55. The van der Waals surface area contributed by atoms with Gasteiger partial charge in [0.05, 0.1) is 12.4 Å². The van der Waals surface area contributed by atoms with Gasteiger partial charge in [0.2, 0.25) is 0 Å². The van der Waals surface area contributed by atoms with Crippen LogP contribution in [0.3, 0.4) is 0 Å². The first-order valence-corrected chi connectivity index (χ1v) is 7.98. The molecule has 0 saturated heterocycles. The van der Waals surface area contributed by atoms with Gasteiger partial charge < -0.3 is 5.11 Å². The van der Waals surface area contributed by atoms with Crippen molar-refractivity contribution in [1.29, 1.82) is 0 Å². The molecule has 124 valence electrons. The van der Waals surface area contributed by atoms with Crippen molar-refractivity contribution in [2.75, 3.05) is 0 Å². The number of H-pyrrole nitrogens is 1. The highest BCUT2D eigenvalue weighted by molar-refractivity contribution is 6.03. The van der Waals surface area contributed by atoms with Gasteiger partial charge in [-0.15, -0.1) is 10.2 Å². The van der Waals surface area contributed by atoms with Gasteiger partial charge in [0, 0.05) is 6.07 Å². The van der Waals surface area contributed by atoms with Gasteiger partial charge in [-0.1, -0.05) is 12.1 Å². The number of aromatic amines is 1. The summed E-state index contributed by atoms with van der Waals surface area (Å²) in [5, 5.41) is 10.7. The highest BCUT2D eigenvalue weighted by atomic mass is 35.7. The lowest BCUT2D eigenvalue weighted by atomic mass is 10.2. The standard InChI is InChI=1S/C15H11N3O.ClHO4/c1-18-13-8-9(19)6-7-12(13)16-14-10-4-2-3-5-11(10)17-15(14)18;2-1(3,4)5/h2-8H,1H3,(H,17,19);(H,2,3,4,5). The number of aromatic nitrogens is 3. The number of rotatable bonds is 0. The van der Waals surface area contributed by atoms with Gasteiger partial charge in [0.1, 0.15) is 16.8 Å². The van der Waals surface area contributed by atoms with E-state index in [0.717, 1.165) is 33.1 Å². The van der Waals surface area contributed by atoms with Crippen molar-refractivity contribution in [3.63, 3.8) is 0 Å². The van der Waals surface area contributed by atoms with Gasteiger partial charge in [0.15, 0.2) is 11.0 Å². The lowest BCUT2D eigenvalue weighted by Gasteiger charge is -2.17. The second-order valence-corrected chi connectivity index (χ2v) is 5.85. The molecule has 9 heteroatoms. The number of nitrogens with zero attached hydrogens (tertiary/aromatic N) is 2. The molecule has 2 N–H and O–H groups in total. The number of aryl methyl sites for hydroxylation is 1. The second-order valence-electron chi connectivity index (χ2n) is 5.09. The van der Waals surface area contributed by atoms with Crippen LogP contribution in [0.4, 0.5) is 0 Å². The zero-order valence-corrected chi connectivity index (χ0v) is 13.1. The van der Waals surface area contributed by atoms with Crippen LogP contribution < -0.4 is 23.2 Å². The van der Waals surface area contributed by atoms with Gasteiger partial charge >= 0.3 is 5.65 Å². The number of halogens is 1. The molecule has 2 aromatic carbocycles. The van der Waals surface area contributed by atoms with Gasteiger partial charge in [-0.2, -0.15) is 0 Å². The minimum absolute atomic E-state index is 0.250. The Morgan fingerprint density at radius 1 is 1.08 bits per heavy atom. The van der Waals surface area contributed by atoms with E-state index in [9.17, 15) is 5.11 Å². The van der Waals surface area contributed by atoms with Crippen molar-refractivity contribution in [3.05, 3.63) is 42.5 Å². The molecule has 2 heterocycles. The Hall–Kier alpha value is -2.49. The van der Waals surface area contributed by atoms with Crippen LogP contribution in [0.1, 0.15) is 0 Å². The van der Waals surface area contributed by atoms with Gasteiger partial charge in [-0.25, -0.2) is 33.2 Å². The molecule has 0 spiro atoms. The number of benzene rings is 2. The summed E-state index contributed by atoms with van der Waals surface area (Å²) in [6.45, 7) is 0. The molecule has 0 unspecified atom stereocenters. The summed E-state index contributed by atoms with van der Waals surface area (Å²) in [5.74, 6) is 0.250. The summed E-state index contributed by atoms with van der Waals surface area (Å²) in [5.41, 5.74) is 4.76. The van der Waals surface area contributed by atoms with Crippen molar-refractivity contribution >= 4 is 33.1 Å². The van der Waals surface area contributed by atoms with Crippen LogP contribution in [0.5, 0.6) is 5.75 Å². The number of phenolic OH excluding ortho intramolecular Hbond substituents is 1. The molecule has 0 fully saturated rings. The first-order chi connectivity index (χ1) is 11.2. The third kappa shape index (κ3) is 3.23. The van der Waals surface area contributed by atoms with E-state index in [2.05, 4.69) is 11.1 Å². The van der Waals surface area contributed by atoms with Crippen molar-refractivity contribution < 1.29 is 38.6 Å². The minimum atomic E-state index is -4.94. The average Bonchev–Trinajstić information content (AvgIpc) is 2.86. The van der Waals surface area contributed by atoms with Crippen molar-refractivity contribution in [3.8, 4) is 5.75 Å². The molecule has 4 rings (SSSR count). The maximum atomic E-state index is 9.62. The number of nitrogens with one attached hydrogen (secondary N) is 1. The molecule has 0 amide bonds. The molecule has 0 aliphatic rings. The predicted octanol–water partition coefficient (Wildman–Crippen LogP) is -2.36. The highest BCUT2D eigenvalue weighted by Gasteiger charge is 2.17. The van der Waals surface area contributed by atoms with Gasteiger partial charge in [-0.3, -0.25) is 0 Å². The van der Waals surface area contributed by atoms with E-state index >= 15 is 0 Å². The van der Waals surface area contributed by atoms with E-state index in [1.165, 1.54) is 0 Å². The molecule has 0 aliphatic heterocycles. The topological polar surface area (TPSA) is 145 Å². The first-order valence-electron chi connectivity index (χ1n) is 6.75. The number of hydrogen-bond acceptors (Lipinski definition) is 6. The van der Waals surface area contributed by atoms with Crippen molar-refractivity contribution in [1.82, 2.24) is 9.97 Å². The SMILES string of the molecule is C[n+]1c2cc(O)ccc2nc2c3ccccc3[nH]c21.[O-][Cl+3]([O-])([O-])[O-]. The fourth-order valence-electron chi connectivity index (χ4n) is 2.58. The van der Waals surface area contributed by atoms with Crippen LogP contribution in [0.25, 0.3) is 33.1 Å². The molecular weight excluding hydrogens is 338 g/mol. The number of para-hydroxylation sites is 1. The van der Waals surface area contributed by atoms with Crippen LogP contribution in [0.2, 0.25) is 0 Å². The summed E-state index contributed by atoms with van der Waals surface area (Å²) in [4.78, 5) is 8.08. The Kier molecular flexibility index (Phi) is 3.99. The van der Waals surface area contributed by atoms with Gasteiger partial charge in [0.25, 0.3) is 0 Å². The molecule has 2 aromatic heterocycles. The van der Waals surface area contributed by atoms with E-state index in [0.29, 0.717) is 0 Å². The van der Waals surface area contributed by atoms with Gasteiger partial charge in [-0.05, 0) is 24.3 Å². The molecule has 0 bridgehead atoms. The Labute approximate surface area is 137 Å². The fraction of sp³-hybridized carbons (Fsp3) is 0.0667. The Balaban J connectivity index is 0.000000300. The maximum Gasteiger partial charge on any atom is 0.306 e. The molecule has 4 aromatic rings. The number of phenols is 1. The quantitative estimate of drug-likeness (QED) is 0.340. The number of fused-ring (bicyclic) bond motifs is 4. The second kappa shape index (κ2) is 5.86. The van der Waals surface area contributed by atoms with Crippen molar-refractivity contribution in [2.24, 2.45) is 7.05 Å². The highest BCUT2D eigenvalue weighted by Crippen LogP contribution is 2.24. The summed E-state index contributed by atoms with van der Waals surface area (Å²) in [7, 11) is -2.97. The normalized spacial score (nSPS) is 11.7. The maximum absolute atomic E-state index is 9.62. The predicted molar refractivity (Wildman–Crippen MR) is 73.9 cm³/mol. The minimum Gasteiger partial charge on any atom is -0.508 e. The van der Waals surface area contributed by atoms with Crippen LogP contribution in [0, 0.1) is 10.2 Å². The Morgan fingerprint density at radius 3 is 2.46 bits per heavy atom. The summed E-state index contributed by atoms with van der Waals surface area (Å²) < 4.78 is 36.0.